The fraction of sp³-hybridized carbons (Fsp3) is 0.286. The molecule has 4 rings (SSSR count). The van der Waals surface area contributed by atoms with E-state index in [0.29, 0.717) is 13.1 Å². The minimum absolute atomic E-state index is 0.0309. The Morgan fingerprint density at radius 3 is 2.70 bits per heavy atom. The molecule has 1 N–H and O–H groups in total. The van der Waals surface area contributed by atoms with Crippen LogP contribution in [0, 0.1) is 0 Å². The van der Waals surface area contributed by atoms with Gasteiger partial charge in [-0.15, -0.1) is 0 Å². The summed E-state index contributed by atoms with van der Waals surface area (Å²) >= 11 is 0. The molecule has 6 nitrogen and oxygen atoms in total. The van der Waals surface area contributed by atoms with Gasteiger partial charge in [0.1, 0.15) is 18.4 Å². The maximum absolute atomic E-state index is 12.0. The first-order valence-corrected chi connectivity index (χ1v) is 9.18. The van der Waals surface area contributed by atoms with Crippen molar-refractivity contribution in [3.63, 3.8) is 0 Å². The summed E-state index contributed by atoms with van der Waals surface area (Å²) in [6, 6.07) is 14.2. The molecule has 2 aromatic carbocycles. The Balaban J connectivity index is 1.23. The highest BCUT2D eigenvalue weighted by molar-refractivity contribution is 5.77. The Bertz CT molecular complexity index is 904. The lowest BCUT2D eigenvalue weighted by Gasteiger charge is -2.09. The van der Waals surface area contributed by atoms with Gasteiger partial charge in [0.2, 0.25) is 0 Å². The number of hydrogen-bond donors (Lipinski definition) is 1. The van der Waals surface area contributed by atoms with Crippen molar-refractivity contribution in [1.29, 1.82) is 0 Å². The highest BCUT2D eigenvalue weighted by Crippen LogP contribution is 2.25. The number of aromatic nitrogens is 3. The molecule has 6 heteroatoms. The number of carbonyl (C=O) groups is 1. The molecule has 0 saturated carbocycles. The highest BCUT2D eigenvalue weighted by atomic mass is 16.5. The number of nitrogens with zero attached hydrogens (tertiary/aromatic N) is 3. The third-order valence-corrected chi connectivity index (χ3v) is 4.76. The average molecular weight is 362 g/mol. The van der Waals surface area contributed by atoms with Gasteiger partial charge in [0.15, 0.2) is 6.61 Å². The van der Waals surface area contributed by atoms with Gasteiger partial charge in [-0.2, -0.15) is 5.10 Å². The number of ether oxygens (including phenoxy) is 1. The van der Waals surface area contributed by atoms with Crippen LogP contribution in [0.5, 0.6) is 5.75 Å². The lowest BCUT2D eigenvalue weighted by Crippen LogP contribution is -2.28. The quantitative estimate of drug-likeness (QED) is 0.701. The van der Waals surface area contributed by atoms with E-state index in [9.17, 15) is 4.79 Å². The van der Waals surface area contributed by atoms with Gasteiger partial charge >= 0.3 is 0 Å². The Morgan fingerprint density at radius 1 is 1.07 bits per heavy atom. The maximum Gasteiger partial charge on any atom is 0.258 e. The topological polar surface area (TPSA) is 69.0 Å². The zero-order chi connectivity index (χ0) is 18.5. The molecule has 0 saturated heterocycles. The van der Waals surface area contributed by atoms with Gasteiger partial charge in [0, 0.05) is 6.54 Å². The summed E-state index contributed by atoms with van der Waals surface area (Å²) in [4.78, 5) is 16.0. The van der Waals surface area contributed by atoms with Gasteiger partial charge in [-0.3, -0.25) is 4.79 Å². The van der Waals surface area contributed by atoms with Crippen LogP contribution < -0.4 is 10.1 Å². The standard InChI is InChI=1S/C21H22N4O2/c26-21(13-27-20-9-8-18-2-1-3-19(18)10-20)23-11-16-4-6-17(7-5-16)12-25-15-22-14-24-25/h4-10,14-15H,1-3,11-13H2,(H,23,26). The van der Waals surface area contributed by atoms with Crippen molar-refractivity contribution in [2.45, 2.75) is 32.4 Å². The van der Waals surface area contributed by atoms with Crippen molar-refractivity contribution >= 4 is 5.91 Å². The smallest absolute Gasteiger partial charge is 0.258 e. The molecule has 1 amide bonds. The van der Waals surface area contributed by atoms with E-state index in [4.69, 9.17) is 4.74 Å². The number of carbonyl (C=O) groups excluding carboxylic acids is 1. The van der Waals surface area contributed by atoms with Crippen LogP contribution in [-0.2, 0) is 30.7 Å². The summed E-state index contributed by atoms with van der Waals surface area (Å²) < 4.78 is 7.40. The van der Waals surface area contributed by atoms with Gasteiger partial charge in [-0.25, -0.2) is 9.67 Å². The van der Waals surface area contributed by atoms with Crippen molar-refractivity contribution in [2.75, 3.05) is 6.61 Å². The molecule has 1 aromatic heterocycles. The molecule has 1 heterocycles. The third-order valence-electron chi connectivity index (χ3n) is 4.76. The lowest BCUT2D eigenvalue weighted by molar-refractivity contribution is -0.123. The summed E-state index contributed by atoms with van der Waals surface area (Å²) in [5.41, 5.74) is 4.93. The van der Waals surface area contributed by atoms with E-state index in [2.05, 4.69) is 27.5 Å². The largest absolute Gasteiger partial charge is 0.484 e. The van der Waals surface area contributed by atoms with Gasteiger partial charge in [0.05, 0.1) is 6.54 Å². The summed E-state index contributed by atoms with van der Waals surface area (Å²) in [5.74, 6) is 0.644. The predicted molar refractivity (Wildman–Crippen MR) is 101 cm³/mol. The Kier molecular flexibility index (Phi) is 5.14. The number of fused-ring (bicyclic) bond motifs is 1. The molecule has 27 heavy (non-hydrogen) atoms. The second-order valence-electron chi connectivity index (χ2n) is 6.76. The number of benzene rings is 2. The molecule has 138 valence electrons. The molecule has 1 aliphatic rings. The van der Waals surface area contributed by atoms with Gasteiger partial charge in [-0.05, 0) is 53.6 Å². The van der Waals surface area contributed by atoms with E-state index in [1.54, 1.807) is 11.0 Å². The predicted octanol–water partition coefficient (Wildman–Crippen LogP) is 2.51. The van der Waals surface area contributed by atoms with Crippen molar-refractivity contribution in [2.24, 2.45) is 0 Å². The number of hydrogen-bond acceptors (Lipinski definition) is 4. The normalized spacial score (nSPS) is 12.6. The SMILES string of the molecule is O=C(COc1ccc2c(c1)CCC2)NCc1ccc(Cn2cncn2)cc1. The Hall–Kier alpha value is -3.15. The van der Waals surface area contributed by atoms with Crippen molar-refractivity contribution in [3.05, 3.63) is 77.4 Å². The summed E-state index contributed by atoms with van der Waals surface area (Å²) in [6.45, 7) is 1.19. The Morgan fingerprint density at radius 2 is 1.89 bits per heavy atom. The minimum atomic E-state index is -0.123. The highest BCUT2D eigenvalue weighted by Gasteiger charge is 2.11. The molecular formula is C21H22N4O2. The molecular weight excluding hydrogens is 340 g/mol. The molecule has 0 bridgehead atoms. The molecule has 0 fully saturated rings. The van der Waals surface area contributed by atoms with Crippen LogP contribution in [-0.4, -0.2) is 27.3 Å². The monoisotopic (exact) mass is 362 g/mol. The first-order chi connectivity index (χ1) is 13.3. The lowest BCUT2D eigenvalue weighted by atomic mass is 10.1. The molecule has 0 atom stereocenters. The minimum Gasteiger partial charge on any atom is -0.484 e. The summed E-state index contributed by atoms with van der Waals surface area (Å²) in [6.07, 6.45) is 6.67. The first kappa shape index (κ1) is 17.3. The van der Waals surface area contributed by atoms with Crippen LogP contribution in [0.4, 0.5) is 0 Å². The number of rotatable bonds is 7. The molecule has 0 unspecified atom stereocenters. The molecule has 3 aromatic rings. The van der Waals surface area contributed by atoms with Crippen molar-refractivity contribution in [3.8, 4) is 5.75 Å². The van der Waals surface area contributed by atoms with E-state index in [1.807, 2.05) is 30.3 Å². The van der Waals surface area contributed by atoms with Gasteiger partial charge in [0.25, 0.3) is 5.91 Å². The zero-order valence-corrected chi connectivity index (χ0v) is 15.1. The maximum atomic E-state index is 12.0. The molecule has 0 radical (unpaired) electrons. The van der Waals surface area contributed by atoms with E-state index in [1.165, 1.54) is 23.9 Å². The van der Waals surface area contributed by atoms with Crippen LogP contribution in [0.3, 0.4) is 0 Å². The van der Waals surface area contributed by atoms with Crippen LogP contribution in [0.2, 0.25) is 0 Å². The number of aryl methyl sites for hydroxylation is 2. The summed E-state index contributed by atoms with van der Waals surface area (Å²) in [7, 11) is 0. The van der Waals surface area contributed by atoms with Crippen LogP contribution in [0.25, 0.3) is 0 Å². The van der Waals surface area contributed by atoms with Crippen molar-refractivity contribution in [1.82, 2.24) is 20.1 Å². The van der Waals surface area contributed by atoms with E-state index >= 15 is 0 Å². The molecule has 0 aliphatic heterocycles. The number of amides is 1. The average Bonchev–Trinajstić information content (AvgIpc) is 3.37. The second-order valence-corrected chi connectivity index (χ2v) is 6.76. The third kappa shape index (κ3) is 4.53. The fourth-order valence-corrected chi connectivity index (χ4v) is 3.30. The van der Waals surface area contributed by atoms with Crippen LogP contribution in [0.15, 0.2) is 55.1 Å². The fourth-order valence-electron chi connectivity index (χ4n) is 3.30. The Labute approximate surface area is 158 Å². The van der Waals surface area contributed by atoms with Crippen molar-refractivity contribution < 1.29 is 9.53 Å². The van der Waals surface area contributed by atoms with Gasteiger partial charge in [-0.1, -0.05) is 30.3 Å². The molecule has 1 aliphatic carbocycles. The van der Waals surface area contributed by atoms with E-state index < -0.39 is 0 Å². The van der Waals surface area contributed by atoms with E-state index in [-0.39, 0.29) is 12.5 Å². The second kappa shape index (κ2) is 8.03. The summed E-state index contributed by atoms with van der Waals surface area (Å²) in [5, 5.41) is 6.99. The molecule has 0 spiro atoms. The number of nitrogens with one attached hydrogen (secondary N) is 1. The van der Waals surface area contributed by atoms with Crippen LogP contribution in [0.1, 0.15) is 28.7 Å². The van der Waals surface area contributed by atoms with Crippen LogP contribution >= 0.6 is 0 Å². The van der Waals surface area contributed by atoms with Gasteiger partial charge < -0.3 is 10.1 Å². The van der Waals surface area contributed by atoms with E-state index in [0.717, 1.165) is 29.7 Å². The first-order valence-electron chi connectivity index (χ1n) is 9.18. The zero-order valence-electron chi connectivity index (χ0n) is 15.1.